The molecular weight excluding hydrogens is 596 g/mol. The van der Waals surface area contributed by atoms with Crippen LogP contribution in [-0.4, -0.2) is 84.7 Å². The zero-order valence-electron chi connectivity index (χ0n) is 30.7. The number of hydrogen-bond donors (Lipinski definition) is 0. The molecule has 0 amide bonds. The largest absolute Gasteiger partial charge is 0.486 e. The van der Waals surface area contributed by atoms with Gasteiger partial charge in [-0.3, -0.25) is 0 Å². The molecule has 0 aromatic heterocycles. The first-order chi connectivity index (χ1) is 22.8. The van der Waals surface area contributed by atoms with E-state index in [0.717, 1.165) is 36.2 Å². The van der Waals surface area contributed by atoms with E-state index in [-0.39, 0.29) is 46.4 Å². The highest BCUT2D eigenvalue weighted by molar-refractivity contribution is 5.56. The first kappa shape index (κ1) is 31.8. The van der Waals surface area contributed by atoms with Gasteiger partial charge in [-0.15, -0.1) is 0 Å². The van der Waals surface area contributed by atoms with Crippen molar-refractivity contribution in [2.24, 2.45) is 11.8 Å². The molecule has 6 nitrogen and oxygen atoms in total. The van der Waals surface area contributed by atoms with Gasteiger partial charge in [0.05, 0.1) is 23.4 Å². The molecule has 2 saturated carbocycles. The molecule has 2 aromatic carbocycles. The van der Waals surface area contributed by atoms with Crippen LogP contribution in [0.25, 0.3) is 0 Å². The third-order valence-electron chi connectivity index (χ3n) is 13.9. The Morgan fingerprint density at radius 1 is 0.625 bits per heavy atom. The summed E-state index contributed by atoms with van der Waals surface area (Å²) in [6.45, 7) is 15.4. The number of likely N-dealkylation sites (tertiary alicyclic amines) is 2. The van der Waals surface area contributed by atoms with Crippen molar-refractivity contribution in [3.05, 3.63) is 58.7 Å². The van der Waals surface area contributed by atoms with E-state index in [1.165, 1.54) is 62.7 Å². The molecule has 4 aliphatic carbocycles. The molecule has 8 aliphatic rings. The second-order valence-corrected chi connectivity index (χ2v) is 18.6. The molecule has 0 radical (unpaired) electrons. The Labute approximate surface area is 288 Å². The number of likely N-dealkylation sites (N-methyl/N-ethyl adjacent to an activating group) is 2. The molecule has 260 valence electrons. The summed E-state index contributed by atoms with van der Waals surface area (Å²) in [6.07, 6.45) is 10.4. The fourth-order valence-electron chi connectivity index (χ4n) is 12.5. The van der Waals surface area contributed by atoms with Crippen LogP contribution in [0.2, 0.25) is 0 Å². The van der Waals surface area contributed by atoms with E-state index in [1.807, 2.05) is 0 Å². The second-order valence-electron chi connectivity index (χ2n) is 18.6. The van der Waals surface area contributed by atoms with Crippen LogP contribution in [0.3, 0.4) is 0 Å². The number of hydrogen-bond acceptors (Lipinski definition) is 6. The summed E-state index contributed by atoms with van der Waals surface area (Å²) in [4.78, 5) is 5.21. The summed E-state index contributed by atoms with van der Waals surface area (Å²) in [5.74, 6) is 3.74. The van der Waals surface area contributed by atoms with Gasteiger partial charge in [0, 0.05) is 34.0 Å². The van der Waals surface area contributed by atoms with Gasteiger partial charge >= 0.3 is 0 Å². The summed E-state index contributed by atoms with van der Waals surface area (Å²) in [5.41, 5.74) is 6.30. The van der Waals surface area contributed by atoms with Crippen molar-refractivity contribution in [1.29, 1.82) is 0 Å². The van der Waals surface area contributed by atoms with Crippen LogP contribution in [0.5, 0.6) is 11.5 Å². The maximum atomic E-state index is 6.63. The molecule has 2 aromatic rings. The fraction of sp³-hybridized carbons (Fsp3) is 0.714. The zero-order valence-corrected chi connectivity index (χ0v) is 30.7. The molecule has 4 heterocycles. The maximum absolute atomic E-state index is 6.63. The average molecular weight is 655 g/mol. The standard InChI is InChI=1S/2C21H29NO2/c2*1-20(2,3)24-17-9-8-14-15-12-13-6-5-7-16-18(13)21(14,19(17)23-16)10-11-22(15)4/h2*5-7,14-15,17,19H,8-12H2,1-4H3/t14?,15-,17+,19+,21+;14?,15-,17-,19+,21+/m11/s1. The Hall–Kier alpha value is -2.12. The second kappa shape index (κ2) is 10.7. The quantitative estimate of drug-likeness (QED) is 0.345. The Kier molecular flexibility index (Phi) is 7.09. The van der Waals surface area contributed by atoms with E-state index in [2.05, 4.69) is 102 Å². The Bertz CT molecular complexity index is 1480. The summed E-state index contributed by atoms with van der Waals surface area (Å²) in [7, 11) is 4.63. The summed E-state index contributed by atoms with van der Waals surface area (Å²) < 4.78 is 26.3. The fourth-order valence-corrected chi connectivity index (χ4v) is 12.5. The third kappa shape index (κ3) is 4.50. The number of rotatable bonds is 2. The lowest BCUT2D eigenvalue weighted by Crippen LogP contribution is -2.66. The van der Waals surface area contributed by atoms with Crippen molar-refractivity contribution < 1.29 is 18.9 Å². The number of benzene rings is 2. The Balaban J connectivity index is 0.000000131. The van der Waals surface area contributed by atoms with Crippen molar-refractivity contribution in [2.75, 3.05) is 27.2 Å². The van der Waals surface area contributed by atoms with Crippen molar-refractivity contribution in [2.45, 2.75) is 151 Å². The third-order valence-corrected chi connectivity index (χ3v) is 13.9. The van der Waals surface area contributed by atoms with E-state index in [4.69, 9.17) is 18.9 Å². The van der Waals surface area contributed by atoms with Crippen LogP contribution in [0, 0.1) is 11.8 Å². The molecule has 10 atom stereocenters. The highest BCUT2D eigenvalue weighted by atomic mass is 16.6. The molecule has 2 saturated heterocycles. The van der Waals surface area contributed by atoms with Crippen LogP contribution < -0.4 is 9.47 Å². The molecule has 6 heteroatoms. The van der Waals surface area contributed by atoms with E-state index in [1.54, 1.807) is 11.1 Å². The summed E-state index contributed by atoms with van der Waals surface area (Å²) in [6, 6.07) is 14.7. The van der Waals surface area contributed by atoms with Gasteiger partial charge in [0.25, 0.3) is 0 Å². The lowest BCUT2D eigenvalue weighted by atomic mass is 9.51. The molecule has 10 rings (SSSR count). The molecular formula is C42H58N2O4. The van der Waals surface area contributed by atoms with Gasteiger partial charge in [0.2, 0.25) is 0 Å². The van der Waals surface area contributed by atoms with Gasteiger partial charge in [0.15, 0.2) is 0 Å². The van der Waals surface area contributed by atoms with Crippen LogP contribution in [0.4, 0.5) is 0 Å². The number of nitrogens with zero attached hydrogens (tertiary/aromatic N) is 2. The monoisotopic (exact) mass is 654 g/mol. The SMILES string of the molecule is CN1CC[C@]23c4c5cccc4O[C@H]2[C@@H](OC(C)(C)C)CCC3[C@H]1C5.CN1CC[C@]23c4c5cccc4O[C@H]2[C@H](OC(C)(C)C)CCC3[C@H]1C5. The maximum Gasteiger partial charge on any atom is 0.135 e. The topological polar surface area (TPSA) is 43.4 Å². The van der Waals surface area contributed by atoms with Crippen LogP contribution in [-0.2, 0) is 33.1 Å². The normalized spacial score (nSPS) is 40.2. The van der Waals surface area contributed by atoms with Gasteiger partial charge in [-0.05, 0) is 155 Å². The smallest absolute Gasteiger partial charge is 0.135 e. The predicted molar refractivity (Wildman–Crippen MR) is 189 cm³/mol. The van der Waals surface area contributed by atoms with Crippen molar-refractivity contribution >= 4 is 0 Å². The lowest BCUT2D eigenvalue weighted by molar-refractivity contribution is -0.161. The van der Waals surface area contributed by atoms with Crippen molar-refractivity contribution in [3.8, 4) is 11.5 Å². The first-order valence-electron chi connectivity index (χ1n) is 19.1. The van der Waals surface area contributed by atoms with Gasteiger partial charge in [-0.2, -0.15) is 0 Å². The summed E-state index contributed by atoms with van der Waals surface area (Å²) >= 11 is 0. The predicted octanol–water partition coefficient (Wildman–Crippen LogP) is 7.08. The molecule has 4 aliphatic heterocycles. The average Bonchev–Trinajstić information content (AvgIpc) is 3.55. The molecule has 0 N–H and O–H groups in total. The molecule has 48 heavy (non-hydrogen) atoms. The minimum atomic E-state index is -0.116. The molecule has 4 bridgehead atoms. The van der Waals surface area contributed by atoms with Gasteiger partial charge in [-0.25, -0.2) is 0 Å². The van der Waals surface area contributed by atoms with Gasteiger partial charge in [-0.1, -0.05) is 24.3 Å². The van der Waals surface area contributed by atoms with Crippen molar-refractivity contribution in [3.63, 3.8) is 0 Å². The van der Waals surface area contributed by atoms with Crippen LogP contribution in [0.1, 0.15) is 102 Å². The Morgan fingerprint density at radius 2 is 1.04 bits per heavy atom. The van der Waals surface area contributed by atoms with E-state index < -0.39 is 0 Å². The van der Waals surface area contributed by atoms with Crippen molar-refractivity contribution in [1.82, 2.24) is 9.80 Å². The first-order valence-corrected chi connectivity index (χ1v) is 19.1. The summed E-state index contributed by atoms with van der Waals surface area (Å²) in [5, 5.41) is 0. The van der Waals surface area contributed by atoms with E-state index in [0.29, 0.717) is 12.1 Å². The van der Waals surface area contributed by atoms with E-state index in [9.17, 15) is 0 Å². The van der Waals surface area contributed by atoms with Crippen LogP contribution in [0.15, 0.2) is 36.4 Å². The highest BCUT2D eigenvalue weighted by Crippen LogP contribution is 2.64. The highest BCUT2D eigenvalue weighted by Gasteiger charge is 2.67. The Morgan fingerprint density at radius 3 is 1.44 bits per heavy atom. The minimum absolute atomic E-state index is 0.116. The zero-order chi connectivity index (χ0) is 33.4. The minimum Gasteiger partial charge on any atom is -0.486 e. The lowest BCUT2D eigenvalue weighted by Gasteiger charge is -2.59. The number of ether oxygens (including phenoxy) is 4. The molecule has 4 fully saturated rings. The van der Waals surface area contributed by atoms with Crippen LogP contribution >= 0.6 is 0 Å². The molecule has 2 unspecified atom stereocenters. The molecule has 2 spiro atoms. The number of piperidine rings is 2. The van der Waals surface area contributed by atoms with E-state index >= 15 is 0 Å². The van der Waals surface area contributed by atoms with Gasteiger partial charge < -0.3 is 28.7 Å². The van der Waals surface area contributed by atoms with Gasteiger partial charge in [0.1, 0.15) is 23.7 Å².